The minimum atomic E-state index is -3.54. The van der Waals surface area contributed by atoms with Gasteiger partial charge >= 0.3 is 0 Å². The van der Waals surface area contributed by atoms with E-state index in [2.05, 4.69) is 25.1 Å². The third-order valence-electron chi connectivity index (χ3n) is 3.77. The van der Waals surface area contributed by atoms with Crippen molar-refractivity contribution >= 4 is 10.0 Å². The van der Waals surface area contributed by atoms with E-state index in [1.165, 1.54) is 5.56 Å². The van der Waals surface area contributed by atoms with Gasteiger partial charge in [0.05, 0.1) is 4.90 Å². The zero-order chi connectivity index (χ0) is 17.1. The van der Waals surface area contributed by atoms with Crippen LogP contribution in [0.5, 0.6) is 0 Å². The molecule has 0 spiro atoms. The molecule has 0 fully saturated rings. The molecule has 1 aromatic rings. The van der Waals surface area contributed by atoms with E-state index in [1.54, 1.807) is 6.08 Å². The highest BCUT2D eigenvalue weighted by Crippen LogP contribution is 2.34. The molecule has 0 aliphatic heterocycles. The van der Waals surface area contributed by atoms with Crippen LogP contribution in [-0.4, -0.2) is 15.0 Å². The maximum Gasteiger partial charge on any atom is 0.241 e. The number of nitrogens with one attached hydrogen (secondary N) is 1. The lowest BCUT2D eigenvalue weighted by atomic mass is 9.89. The Balaban J connectivity index is 3.69. The van der Waals surface area contributed by atoms with Crippen molar-refractivity contribution in [3.8, 4) is 0 Å². The van der Waals surface area contributed by atoms with Crippen molar-refractivity contribution in [3.05, 3.63) is 41.5 Å². The Bertz CT molecular complexity index is 599. The number of benzene rings is 1. The second-order valence-electron chi connectivity index (χ2n) is 6.63. The zero-order valence-corrected chi connectivity index (χ0v) is 15.4. The molecule has 124 valence electrons. The van der Waals surface area contributed by atoms with Gasteiger partial charge < -0.3 is 0 Å². The Hall–Kier alpha value is -1.13. The first kappa shape index (κ1) is 18.9. The number of hydrogen-bond donors (Lipinski definition) is 1. The Morgan fingerprint density at radius 3 is 1.77 bits per heavy atom. The van der Waals surface area contributed by atoms with Crippen LogP contribution in [0.4, 0.5) is 0 Å². The van der Waals surface area contributed by atoms with Gasteiger partial charge in [0.2, 0.25) is 10.0 Å². The fourth-order valence-corrected chi connectivity index (χ4v) is 4.13. The van der Waals surface area contributed by atoms with Crippen LogP contribution < -0.4 is 4.72 Å². The van der Waals surface area contributed by atoms with Gasteiger partial charge in [0.1, 0.15) is 0 Å². The zero-order valence-electron chi connectivity index (χ0n) is 14.6. The largest absolute Gasteiger partial charge is 0.241 e. The molecule has 0 heterocycles. The number of rotatable bonds is 7. The van der Waals surface area contributed by atoms with Crippen LogP contribution in [0.25, 0.3) is 0 Å². The monoisotopic (exact) mass is 323 g/mol. The number of hydrogen-bond acceptors (Lipinski definition) is 2. The predicted molar refractivity (Wildman–Crippen MR) is 94.1 cm³/mol. The van der Waals surface area contributed by atoms with Gasteiger partial charge in [-0.1, -0.05) is 59.8 Å². The van der Waals surface area contributed by atoms with E-state index in [0.29, 0.717) is 10.8 Å². The maximum atomic E-state index is 12.8. The lowest BCUT2D eigenvalue weighted by molar-refractivity contribution is 0.580. The highest BCUT2D eigenvalue weighted by Gasteiger charge is 2.26. The molecule has 22 heavy (non-hydrogen) atoms. The quantitative estimate of drug-likeness (QED) is 0.750. The summed E-state index contributed by atoms with van der Waals surface area (Å²) in [5.74, 6) is 0.658. The first-order valence-corrected chi connectivity index (χ1v) is 9.38. The summed E-state index contributed by atoms with van der Waals surface area (Å²) in [5, 5.41) is 0. The molecule has 0 amide bonds. The number of sulfonamides is 1. The summed E-state index contributed by atoms with van der Waals surface area (Å²) in [7, 11) is -3.54. The van der Waals surface area contributed by atoms with Crippen LogP contribution in [0.3, 0.4) is 0 Å². The first-order chi connectivity index (χ1) is 10.1. The van der Waals surface area contributed by atoms with E-state index in [4.69, 9.17) is 0 Å². The molecule has 0 aliphatic rings. The van der Waals surface area contributed by atoms with Crippen LogP contribution in [0.1, 0.15) is 76.0 Å². The smallest absolute Gasteiger partial charge is 0.207 e. The molecule has 0 saturated carbocycles. The van der Waals surface area contributed by atoms with Gasteiger partial charge in [-0.25, -0.2) is 13.1 Å². The molecule has 1 rings (SSSR count). The molecular weight excluding hydrogens is 294 g/mol. The summed E-state index contributed by atoms with van der Waals surface area (Å²) < 4.78 is 28.1. The van der Waals surface area contributed by atoms with E-state index in [0.717, 1.165) is 11.1 Å². The van der Waals surface area contributed by atoms with Crippen LogP contribution in [0.15, 0.2) is 29.7 Å². The second kappa shape index (κ2) is 7.42. The predicted octanol–water partition coefficient (Wildman–Crippen LogP) is 4.52. The molecule has 0 aromatic heterocycles. The molecule has 0 aliphatic carbocycles. The molecule has 1 N–H and O–H groups in total. The van der Waals surface area contributed by atoms with E-state index in [1.807, 2.05) is 39.8 Å². The molecule has 0 bridgehead atoms. The van der Waals surface area contributed by atoms with Crippen LogP contribution >= 0.6 is 0 Å². The Morgan fingerprint density at radius 1 is 1.00 bits per heavy atom. The lowest BCUT2D eigenvalue weighted by Crippen LogP contribution is -2.26. The van der Waals surface area contributed by atoms with E-state index < -0.39 is 10.0 Å². The Labute approximate surface area is 135 Å². The van der Waals surface area contributed by atoms with Gasteiger partial charge in [-0.15, -0.1) is 6.58 Å². The van der Waals surface area contributed by atoms with Crippen LogP contribution in [0.2, 0.25) is 0 Å². The fourth-order valence-electron chi connectivity index (χ4n) is 2.44. The summed E-state index contributed by atoms with van der Waals surface area (Å²) in [6, 6.07) is 4.09. The molecule has 0 atom stereocenters. The average Bonchev–Trinajstić information content (AvgIpc) is 2.43. The Morgan fingerprint density at radius 2 is 1.45 bits per heavy atom. The van der Waals surface area contributed by atoms with Gasteiger partial charge in [-0.05, 0) is 34.4 Å². The van der Waals surface area contributed by atoms with Crippen molar-refractivity contribution in [2.45, 2.75) is 64.2 Å². The van der Waals surface area contributed by atoms with Crippen LogP contribution in [0, 0.1) is 0 Å². The molecule has 4 heteroatoms. The van der Waals surface area contributed by atoms with Crippen molar-refractivity contribution in [3.63, 3.8) is 0 Å². The average molecular weight is 324 g/mol. The molecule has 3 nitrogen and oxygen atoms in total. The molecule has 0 saturated heterocycles. The minimum absolute atomic E-state index is 0.145. The highest BCUT2D eigenvalue weighted by atomic mass is 32.2. The topological polar surface area (TPSA) is 46.2 Å². The van der Waals surface area contributed by atoms with E-state index in [9.17, 15) is 8.42 Å². The SMILES string of the molecule is C=CCNS(=O)(=O)c1c(C(C)C)cc(C(C)C)cc1C(C)C. The Kier molecular flexibility index (Phi) is 6.38. The highest BCUT2D eigenvalue weighted by molar-refractivity contribution is 7.89. The van der Waals surface area contributed by atoms with Crippen molar-refractivity contribution in [2.24, 2.45) is 0 Å². The molecule has 0 radical (unpaired) electrons. The summed E-state index contributed by atoms with van der Waals surface area (Å²) in [4.78, 5) is 0.448. The van der Waals surface area contributed by atoms with Gasteiger partial charge in [-0.3, -0.25) is 0 Å². The maximum absolute atomic E-state index is 12.8. The van der Waals surface area contributed by atoms with Crippen molar-refractivity contribution in [1.29, 1.82) is 0 Å². The second-order valence-corrected chi connectivity index (χ2v) is 8.34. The van der Waals surface area contributed by atoms with Crippen LogP contribution in [-0.2, 0) is 10.0 Å². The summed E-state index contributed by atoms with van der Waals surface area (Å²) >= 11 is 0. The summed E-state index contributed by atoms with van der Waals surface area (Å²) in [6.45, 7) is 16.2. The van der Waals surface area contributed by atoms with E-state index >= 15 is 0 Å². The standard InChI is InChI=1S/C18H29NO2S/c1-8-9-19-22(20,21)18-16(13(4)5)10-15(12(2)3)11-17(18)14(6)7/h8,10-14,19H,1,9H2,2-7H3. The first-order valence-electron chi connectivity index (χ1n) is 7.90. The van der Waals surface area contributed by atoms with Crippen molar-refractivity contribution < 1.29 is 8.42 Å². The third kappa shape index (κ3) is 4.20. The van der Waals surface area contributed by atoms with Gasteiger partial charge in [0.25, 0.3) is 0 Å². The van der Waals surface area contributed by atoms with Crippen molar-refractivity contribution in [1.82, 2.24) is 4.72 Å². The van der Waals surface area contributed by atoms with Gasteiger partial charge in [0.15, 0.2) is 0 Å². The third-order valence-corrected chi connectivity index (χ3v) is 5.32. The summed E-state index contributed by atoms with van der Waals surface area (Å²) in [6.07, 6.45) is 1.56. The lowest BCUT2D eigenvalue weighted by Gasteiger charge is -2.22. The van der Waals surface area contributed by atoms with Gasteiger partial charge in [-0.2, -0.15) is 0 Å². The van der Waals surface area contributed by atoms with Crippen molar-refractivity contribution in [2.75, 3.05) is 6.54 Å². The molecular formula is C18H29NO2S. The fraction of sp³-hybridized carbons (Fsp3) is 0.556. The van der Waals surface area contributed by atoms with E-state index in [-0.39, 0.29) is 18.4 Å². The normalized spacial score (nSPS) is 12.4. The molecule has 0 unspecified atom stereocenters. The van der Waals surface area contributed by atoms with Gasteiger partial charge in [0, 0.05) is 6.54 Å². The summed E-state index contributed by atoms with van der Waals surface area (Å²) in [5.41, 5.74) is 2.98. The molecule has 1 aromatic carbocycles. The minimum Gasteiger partial charge on any atom is -0.207 e.